The highest BCUT2D eigenvalue weighted by atomic mass is 32.2. The molecule has 1 saturated carbocycles. The highest BCUT2D eigenvalue weighted by Crippen LogP contribution is 2.41. The average Bonchev–Trinajstić information content (AvgIpc) is 3.43. The molecule has 2 N–H and O–H groups in total. The highest BCUT2D eigenvalue weighted by Gasteiger charge is 2.31. The lowest BCUT2D eigenvalue weighted by Gasteiger charge is -2.28. The van der Waals surface area contributed by atoms with E-state index in [1.54, 1.807) is 59.0 Å². The fourth-order valence-electron chi connectivity index (χ4n) is 5.10. The highest BCUT2D eigenvalue weighted by molar-refractivity contribution is 7.89. The number of carbonyl (C=O) groups is 2. The van der Waals surface area contributed by atoms with Gasteiger partial charge in [0.15, 0.2) is 0 Å². The second-order valence-corrected chi connectivity index (χ2v) is 14.7. The van der Waals surface area contributed by atoms with Gasteiger partial charge < -0.3 is 14.8 Å². The van der Waals surface area contributed by atoms with E-state index in [1.165, 1.54) is 42.7 Å². The normalized spacial score (nSPS) is 17.3. The first-order chi connectivity index (χ1) is 20.7. The number of alkyl carbamates (subject to hydrolysis) is 1. The molecule has 10 nitrogen and oxygen atoms in total. The summed E-state index contributed by atoms with van der Waals surface area (Å²) in [6, 6.07) is 10.2. The van der Waals surface area contributed by atoms with Crippen molar-refractivity contribution >= 4 is 44.9 Å². The number of hydrogen-bond acceptors (Lipinski definition) is 8. The zero-order chi connectivity index (χ0) is 32.2. The second-order valence-electron chi connectivity index (χ2n) is 12.0. The van der Waals surface area contributed by atoms with Gasteiger partial charge in [0.25, 0.3) is 0 Å². The maximum atomic E-state index is 14.8. The molecule has 2 amide bonds. The predicted octanol–water partition coefficient (Wildman–Crippen LogP) is 7.09. The summed E-state index contributed by atoms with van der Waals surface area (Å²) >= 11 is 1.41. The number of para-hydroxylation sites is 1. The lowest BCUT2D eigenvalue weighted by molar-refractivity contribution is 0.109. The second kappa shape index (κ2) is 13.6. The van der Waals surface area contributed by atoms with Crippen molar-refractivity contribution in [3.05, 3.63) is 59.5 Å². The number of carbonyl (C=O) groups excluding carboxylic acids is 2. The maximum Gasteiger partial charge on any atom is 0.418 e. The number of rotatable bonds is 8. The lowest BCUT2D eigenvalue weighted by atomic mass is 9.86. The minimum absolute atomic E-state index is 0.0249. The summed E-state index contributed by atoms with van der Waals surface area (Å²) in [7, 11) is -2.95. The molecule has 4 rings (SSSR count). The van der Waals surface area contributed by atoms with Crippen LogP contribution in [-0.2, 0) is 19.5 Å². The number of sulfonamides is 1. The van der Waals surface area contributed by atoms with Gasteiger partial charge in [-0.25, -0.2) is 37.0 Å². The van der Waals surface area contributed by atoms with E-state index in [1.807, 2.05) is 0 Å². The number of nitrogens with zero attached hydrogens (tertiary/aromatic N) is 2. The molecule has 0 spiro atoms. The SMILES string of the molecule is COC(=O)N(c1ccc(-c2cnc(C3CCC(NC(=O)OC(C)C)CC3)s2)c(S(=O)(=O)NC(C)(C)C)c1)c1ccccc1F. The quantitative estimate of drug-likeness (QED) is 0.268. The molecule has 1 aliphatic carbocycles. The average molecular weight is 647 g/mol. The number of benzene rings is 2. The van der Waals surface area contributed by atoms with Gasteiger partial charge in [0.05, 0.1) is 39.4 Å². The minimum Gasteiger partial charge on any atom is -0.452 e. The van der Waals surface area contributed by atoms with Gasteiger partial charge in [0, 0.05) is 29.3 Å². The van der Waals surface area contributed by atoms with Crippen molar-refractivity contribution in [1.82, 2.24) is 15.0 Å². The lowest BCUT2D eigenvalue weighted by Crippen LogP contribution is -2.40. The van der Waals surface area contributed by atoms with E-state index in [-0.39, 0.29) is 34.3 Å². The number of anilines is 2. The van der Waals surface area contributed by atoms with Crippen molar-refractivity contribution in [1.29, 1.82) is 0 Å². The van der Waals surface area contributed by atoms with E-state index in [0.29, 0.717) is 10.4 Å². The molecular formula is C31H39FN4O6S2. The molecule has 0 bridgehead atoms. The Bertz CT molecular complexity index is 1590. The van der Waals surface area contributed by atoms with E-state index in [2.05, 4.69) is 15.0 Å². The number of hydrogen-bond donors (Lipinski definition) is 2. The first kappa shape index (κ1) is 33.3. The van der Waals surface area contributed by atoms with Crippen LogP contribution in [0.3, 0.4) is 0 Å². The van der Waals surface area contributed by atoms with Crippen LogP contribution < -0.4 is 14.9 Å². The smallest absolute Gasteiger partial charge is 0.418 e. The van der Waals surface area contributed by atoms with Crippen molar-refractivity contribution < 1.29 is 31.9 Å². The Balaban J connectivity index is 1.68. The molecule has 238 valence electrons. The summed E-state index contributed by atoms with van der Waals surface area (Å²) in [6.45, 7) is 8.79. The van der Waals surface area contributed by atoms with Crippen LogP contribution >= 0.6 is 11.3 Å². The molecule has 2 aromatic carbocycles. The van der Waals surface area contributed by atoms with Gasteiger partial charge in [-0.15, -0.1) is 11.3 Å². The summed E-state index contributed by atoms with van der Waals surface area (Å²) < 4.78 is 55.2. The molecule has 0 radical (unpaired) electrons. The number of aromatic nitrogens is 1. The van der Waals surface area contributed by atoms with Gasteiger partial charge >= 0.3 is 12.2 Å². The van der Waals surface area contributed by atoms with Crippen LogP contribution in [0.15, 0.2) is 53.6 Å². The van der Waals surface area contributed by atoms with Crippen LogP contribution in [0.1, 0.15) is 71.2 Å². The number of ether oxygens (including phenoxy) is 2. The number of nitrogens with one attached hydrogen (secondary N) is 2. The van der Waals surface area contributed by atoms with E-state index in [9.17, 15) is 22.4 Å². The van der Waals surface area contributed by atoms with Crippen LogP contribution in [0, 0.1) is 5.82 Å². The molecule has 13 heteroatoms. The summed E-state index contributed by atoms with van der Waals surface area (Å²) in [5, 5.41) is 3.80. The summed E-state index contributed by atoms with van der Waals surface area (Å²) in [4.78, 5) is 31.1. The van der Waals surface area contributed by atoms with Gasteiger partial charge in [0.2, 0.25) is 10.0 Å². The van der Waals surface area contributed by atoms with Crippen LogP contribution in [0.2, 0.25) is 0 Å². The number of methoxy groups -OCH3 is 1. The first-order valence-corrected chi connectivity index (χ1v) is 16.7. The molecule has 1 aliphatic rings. The zero-order valence-corrected chi connectivity index (χ0v) is 27.4. The van der Waals surface area contributed by atoms with Crippen LogP contribution in [-0.4, -0.2) is 50.4 Å². The monoisotopic (exact) mass is 646 g/mol. The largest absolute Gasteiger partial charge is 0.452 e. The Morgan fingerprint density at radius 3 is 2.39 bits per heavy atom. The Kier molecular flexibility index (Phi) is 10.3. The van der Waals surface area contributed by atoms with Crippen LogP contribution in [0.5, 0.6) is 0 Å². The van der Waals surface area contributed by atoms with Crippen LogP contribution in [0.25, 0.3) is 10.4 Å². The molecule has 1 aromatic heterocycles. The van der Waals surface area contributed by atoms with Crippen LogP contribution in [0.4, 0.5) is 25.4 Å². The molecule has 44 heavy (non-hydrogen) atoms. The molecule has 0 unspecified atom stereocenters. The maximum absolute atomic E-state index is 14.8. The minimum atomic E-state index is -4.12. The number of halogens is 1. The molecule has 1 heterocycles. The fraction of sp³-hybridized carbons (Fsp3) is 0.452. The molecule has 0 atom stereocenters. The Morgan fingerprint density at radius 2 is 1.77 bits per heavy atom. The summed E-state index contributed by atoms with van der Waals surface area (Å²) in [6.07, 6.45) is 3.35. The Morgan fingerprint density at radius 1 is 1.09 bits per heavy atom. The Labute approximate surface area is 262 Å². The number of amides is 2. The molecule has 3 aromatic rings. The zero-order valence-electron chi connectivity index (χ0n) is 25.7. The van der Waals surface area contributed by atoms with E-state index in [4.69, 9.17) is 9.47 Å². The number of thiazole rings is 1. The van der Waals surface area contributed by atoms with E-state index in [0.717, 1.165) is 35.6 Å². The summed E-state index contributed by atoms with van der Waals surface area (Å²) in [5.74, 6) is -0.510. The van der Waals surface area contributed by atoms with Gasteiger partial charge in [-0.3, -0.25) is 0 Å². The molecule has 0 saturated heterocycles. The van der Waals surface area contributed by atoms with Crippen molar-refractivity contribution in [2.24, 2.45) is 0 Å². The topological polar surface area (TPSA) is 127 Å². The molecule has 1 fully saturated rings. The van der Waals surface area contributed by atoms with Gasteiger partial charge in [0.1, 0.15) is 5.82 Å². The van der Waals surface area contributed by atoms with Crippen molar-refractivity contribution in [3.8, 4) is 10.4 Å². The van der Waals surface area contributed by atoms with Crippen molar-refractivity contribution in [3.63, 3.8) is 0 Å². The van der Waals surface area contributed by atoms with Crippen molar-refractivity contribution in [2.45, 2.75) is 88.8 Å². The molecule has 0 aliphatic heterocycles. The predicted molar refractivity (Wildman–Crippen MR) is 168 cm³/mol. The fourth-order valence-corrected chi connectivity index (χ4v) is 7.95. The van der Waals surface area contributed by atoms with E-state index < -0.39 is 33.6 Å². The first-order valence-electron chi connectivity index (χ1n) is 14.4. The third kappa shape index (κ3) is 8.13. The third-order valence-corrected chi connectivity index (χ3v) is 9.93. The Hall–Kier alpha value is -3.55. The molecular weight excluding hydrogens is 607 g/mol. The van der Waals surface area contributed by atoms with Gasteiger partial charge in [-0.05, 0) is 84.6 Å². The van der Waals surface area contributed by atoms with Crippen molar-refractivity contribution in [2.75, 3.05) is 12.0 Å². The van der Waals surface area contributed by atoms with Gasteiger partial charge in [-0.2, -0.15) is 0 Å². The van der Waals surface area contributed by atoms with Gasteiger partial charge in [-0.1, -0.05) is 18.2 Å². The standard InChI is InChI=1S/C31H39FN4O6S2/c1-19(2)42-29(37)34-21-13-11-20(12-14-21)28-33-18-26(43-28)23-16-15-22(17-27(23)44(39,40)35-31(3,4)5)36(30(38)41-6)25-10-8-7-9-24(25)32/h7-10,15-21,35H,11-14H2,1-6H3,(H,34,37). The third-order valence-electron chi connectivity index (χ3n) is 6.93. The summed E-state index contributed by atoms with van der Waals surface area (Å²) in [5.41, 5.74) is -0.361. The van der Waals surface area contributed by atoms with E-state index >= 15 is 0 Å².